The summed E-state index contributed by atoms with van der Waals surface area (Å²) in [6.45, 7) is 1.83. The van der Waals surface area contributed by atoms with E-state index in [4.69, 9.17) is 11.6 Å². The zero-order valence-corrected chi connectivity index (χ0v) is 21.6. The molecular weight excluding hydrogens is 588 g/mol. The first kappa shape index (κ1) is 24.0. The fraction of sp³-hybridized carbons (Fsp3) is 0.0417. The van der Waals surface area contributed by atoms with E-state index in [9.17, 15) is 14.4 Å². The van der Waals surface area contributed by atoms with Gasteiger partial charge in [0.05, 0.1) is 5.52 Å². The Labute approximate surface area is 216 Å². The van der Waals surface area contributed by atoms with Crippen LogP contribution < -0.4 is 16.1 Å². The average molecular weight is 605 g/mol. The van der Waals surface area contributed by atoms with Crippen molar-refractivity contribution >= 4 is 83.5 Å². The lowest BCUT2D eigenvalue weighted by atomic mass is 10.2. The molecule has 3 N–H and O–H groups in total. The van der Waals surface area contributed by atoms with E-state index in [1.807, 2.05) is 13.0 Å². The number of aryl methyl sites for hydroxylation is 1. The maximum atomic E-state index is 13.1. The van der Waals surface area contributed by atoms with Gasteiger partial charge in [-0.2, -0.15) is 0 Å². The summed E-state index contributed by atoms with van der Waals surface area (Å²) in [5.41, 5.74) is 5.02. The second-order valence-corrected chi connectivity index (χ2v) is 9.63. The number of carbonyl (C=O) groups excluding carboxylic acids is 3. The number of nitrogens with zero attached hydrogens (tertiary/aromatic N) is 1. The van der Waals surface area contributed by atoms with Crippen molar-refractivity contribution in [3.8, 4) is 0 Å². The van der Waals surface area contributed by atoms with Crippen LogP contribution in [0, 0.1) is 6.92 Å². The van der Waals surface area contributed by atoms with Crippen molar-refractivity contribution < 1.29 is 14.4 Å². The van der Waals surface area contributed by atoms with Gasteiger partial charge in [0.2, 0.25) is 0 Å². The molecule has 0 spiro atoms. The molecule has 0 saturated heterocycles. The SMILES string of the molecule is Cc1ccc(NC(=O)C(=O)Nn2c(C(=O)Nc3ccc(Br)cc3)cc3cc(Br)ccc32)cc1Cl. The molecule has 0 saturated carbocycles. The van der Waals surface area contributed by atoms with Crippen molar-refractivity contribution in [3.05, 3.63) is 92.0 Å². The van der Waals surface area contributed by atoms with Crippen LogP contribution in [0.3, 0.4) is 0 Å². The van der Waals surface area contributed by atoms with Crippen LogP contribution in [0.4, 0.5) is 11.4 Å². The molecule has 1 heterocycles. The number of halogens is 3. The summed E-state index contributed by atoms with van der Waals surface area (Å²) in [6.07, 6.45) is 0. The molecule has 3 aromatic carbocycles. The van der Waals surface area contributed by atoms with E-state index in [0.717, 1.165) is 14.5 Å². The molecule has 3 amide bonds. The summed E-state index contributed by atoms with van der Waals surface area (Å²) in [7, 11) is 0. The van der Waals surface area contributed by atoms with Gasteiger partial charge in [0, 0.05) is 30.7 Å². The largest absolute Gasteiger partial charge is 0.328 e. The Morgan fingerprint density at radius 3 is 2.18 bits per heavy atom. The van der Waals surface area contributed by atoms with Gasteiger partial charge < -0.3 is 10.6 Å². The minimum atomic E-state index is -0.949. The van der Waals surface area contributed by atoms with Crippen LogP contribution >= 0.6 is 43.5 Å². The third-order valence-electron chi connectivity index (χ3n) is 4.95. The lowest BCUT2D eigenvalue weighted by Crippen LogP contribution is -2.36. The summed E-state index contributed by atoms with van der Waals surface area (Å²) in [5, 5.41) is 6.47. The highest BCUT2D eigenvalue weighted by Crippen LogP contribution is 2.24. The molecule has 34 heavy (non-hydrogen) atoms. The third kappa shape index (κ3) is 5.32. The van der Waals surface area contributed by atoms with Crippen molar-refractivity contribution in [2.45, 2.75) is 6.92 Å². The molecule has 0 fully saturated rings. The number of anilines is 2. The van der Waals surface area contributed by atoms with Crippen molar-refractivity contribution in [1.29, 1.82) is 0 Å². The normalized spacial score (nSPS) is 10.7. The summed E-state index contributed by atoms with van der Waals surface area (Å²) >= 11 is 12.9. The number of rotatable bonds is 4. The molecule has 172 valence electrons. The summed E-state index contributed by atoms with van der Waals surface area (Å²) in [5.74, 6) is -2.31. The van der Waals surface area contributed by atoms with E-state index in [1.165, 1.54) is 4.68 Å². The second-order valence-electron chi connectivity index (χ2n) is 7.39. The molecule has 0 aliphatic rings. The number of hydrogen-bond donors (Lipinski definition) is 3. The predicted octanol–water partition coefficient (Wildman–Crippen LogP) is 6.09. The van der Waals surface area contributed by atoms with Gasteiger partial charge in [0.1, 0.15) is 5.69 Å². The monoisotopic (exact) mass is 602 g/mol. The second kappa shape index (κ2) is 10.0. The van der Waals surface area contributed by atoms with Gasteiger partial charge in [0.15, 0.2) is 0 Å². The van der Waals surface area contributed by atoms with Crippen LogP contribution in [-0.4, -0.2) is 22.4 Å². The number of amides is 3. The predicted molar refractivity (Wildman–Crippen MR) is 141 cm³/mol. The molecule has 1 aromatic heterocycles. The van der Waals surface area contributed by atoms with E-state index < -0.39 is 17.7 Å². The molecule has 0 bridgehead atoms. The highest BCUT2D eigenvalue weighted by molar-refractivity contribution is 9.10. The average Bonchev–Trinajstić information content (AvgIpc) is 3.15. The number of carbonyl (C=O) groups is 3. The number of benzene rings is 3. The van der Waals surface area contributed by atoms with Crippen molar-refractivity contribution in [1.82, 2.24) is 4.68 Å². The van der Waals surface area contributed by atoms with Crippen LogP contribution in [0.1, 0.15) is 16.1 Å². The quantitative estimate of drug-likeness (QED) is 0.246. The first-order valence-corrected chi connectivity index (χ1v) is 11.9. The Balaban J connectivity index is 1.61. The van der Waals surface area contributed by atoms with E-state index in [1.54, 1.807) is 60.7 Å². The molecule has 4 aromatic rings. The van der Waals surface area contributed by atoms with Crippen molar-refractivity contribution in [2.75, 3.05) is 16.1 Å². The number of nitrogens with one attached hydrogen (secondary N) is 3. The number of aromatic nitrogens is 1. The molecule has 0 aliphatic carbocycles. The van der Waals surface area contributed by atoms with E-state index in [2.05, 4.69) is 47.9 Å². The Morgan fingerprint density at radius 2 is 1.47 bits per heavy atom. The fourth-order valence-electron chi connectivity index (χ4n) is 3.21. The van der Waals surface area contributed by atoms with Gasteiger partial charge in [-0.3, -0.25) is 19.8 Å². The minimum Gasteiger partial charge on any atom is -0.321 e. The van der Waals surface area contributed by atoms with Gasteiger partial charge in [-0.05, 0) is 73.2 Å². The van der Waals surface area contributed by atoms with Crippen LogP contribution in [-0.2, 0) is 9.59 Å². The Kier molecular flexibility index (Phi) is 7.06. The van der Waals surface area contributed by atoms with Crippen LogP contribution in [0.2, 0.25) is 5.02 Å². The Hall–Kier alpha value is -3.14. The minimum absolute atomic E-state index is 0.149. The zero-order valence-electron chi connectivity index (χ0n) is 17.7. The molecule has 0 unspecified atom stereocenters. The van der Waals surface area contributed by atoms with Gasteiger partial charge >= 0.3 is 11.8 Å². The van der Waals surface area contributed by atoms with Gasteiger partial charge in [-0.25, -0.2) is 4.68 Å². The topological polar surface area (TPSA) is 92.2 Å². The number of fused-ring (bicyclic) bond motifs is 1. The molecule has 7 nitrogen and oxygen atoms in total. The molecule has 0 atom stereocenters. The molecule has 0 radical (unpaired) electrons. The zero-order chi connectivity index (χ0) is 24.4. The van der Waals surface area contributed by atoms with E-state index in [0.29, 0.717) is 27.3 Å². The molecule has 10 heteroatoms. The van der Waals surface area contributed by atoms with Crippen LogP contribution in [0.25, 0.3) is 10.9 Å². The first-order chi connectivity index (χ1) is 16.2. The smallest absolute Gasteiger partial charge is 0.321 e. The van der Waals surface area contributed by atoms with Crippen molar-refractivity contribution in [3.63, 3.8) is 0 Å². The molecule has 0 aliphatic heterocycles. The van der Waals surface area contributed by atoms with Gasteiger partial charge in [-0.15, -0.1) is 0 Å². The Morgan fingerprint density at radius 1 is 0.794 bits per heavy atom. The van der Waals surface area contributed by atoms with E-state index >= 15 is 0 Å². The maximum Gasteiger partial charge on any atom is 0.328 e. The lowest BCUT2D eigenvalue weighted by molar-refractivity contribution is -0.133. The summed E-state index contributed by atoms with van der Waals surface area (Å²) in [6, 6.07) is 19.0. The maximum absolute atomic E-state index is 13.1. The van der Waals surface area contributed by atoms with Crippen LogP contribution in [0.5, 0.6) is 0 Å². The van der Waals surface area contributed by atoms with Crippen molar-refractivity contribution in [2.24, 2.45) is 0 Å². The third-order valence-corrected chi connectivity index (χ3v) is 6.38. The Bertz CT molecular complexity index is 1430. The fourth-order valence-corrected chi connectivity index (χ4v) is 4.04. The summed E-state index contributed by atoms with van der Waals surface area (Å²) in [4.78, 5) is 38.3. The van der Waals surface area contributed by atoms with Gasteiger partial charge in [-0.1, -0.05) is 49.5 Å². The summed E-state index contributed by atoms with van der Waals surface area (Å²) < 4.78 is 2.97. The highest BCUT2D eigenvalue weighted by atomic mass is 79.9. The lowest BCUT2D eigenvalue weighted by Gasteiger charge is -2.13. The number of hydrogen-bond acceptors (Lipinski definition) is 3. The van der Waals surface area contributed by atoms with E-state index in [-0.39, 0.29) is 5.69 Å². The standard InChI is InChI=1S/C24H17Br2ClN4O3/c1-13-2-6-18(12-19(13)27)29-23(33)24(34)30-31-20-9-5-16(26)10-14(20)11-21(31)22(32)28-17-7-3-15(25)4-8-17/h2-12H,1H3,(H,28,32)(H,29,33)(H,30,34). The van der Waals surface area contributed by atoms with Crippen LogP contribution in [0.15, 0.2) is 75.7 Å². The first-order valence-electron chi connectivity index (χ1n) is 9.97. The molecular formula is C24H17Br2ClN4O3. The molecule has 4 rings (SSSR count). The highest BCUT2D eigenvalue weighted by Gasteiger charge is 2.21. The van der Waals surface area contributed by atoms with Gasteiger partial charge in [0.25, 0.3) is 5.91 Å².